The fraction of sp³-hybridized carbons (Fsp3) is 0.556. The molecule has 2 aromatic rings. The molecule has 0 bridgehead atoms. The number of unbranched alkanes of at least 4 members (excludes halogenated alkanes) is 9. The Morgan fingerprint density at radius 3 is 1.76 bits per heavy atom. The molecule has 2 amide bonds. The number of benzene rings is 2. The van der Waals surface area contributed by atoms with Gasteiger partial charge in [-0.2, -0.15) is 0 Å². The Morgan fingerprint density at radius 2 is 1.24 bits per heavy atom. The molecule has 0 fully saturated rings. The van der Waals surface area contributed by atoms with Gasteiger partial charge in [0.25, 0.3) is 0 Å². The van der Waals surface area contributed by atoms with E-state index in [2.05, 4.69) is 10.6 Å². The van der Waals surface area contributed by atoms with Crippen LogP contribution in [0, 0.1) is 0 Å². The van der Waals surface area contributed by atoms with Gasteiger partial charge in [0, 0.05) is 25.3 Å². The zero-order valence-corrected chi connectivity index (χ0v) is 27.1. The lowest BCUT2D eigenvalue weighted by Gasteiger charge is -2.19. The molecule has 0 spiro atoms. The van der Waals surface area contributed by atoms with Gasteiger partial charge in [-0.15, -0.1) is 0 Å². The molecule has 3 rings (SSSR count). The molecule has 2 aromatic carbocycles. The summed E-state index contributed by atoms with van der Waals surface area (Å²) < 4.78 is 10.8. The molecular formula is C36H50N2O7. The van der Waals surface area contributed by atoms with E-state index in [1.165, 1.54) is 6.42 Å². The van der Waals surface area contributed by atoms with E-state index in [9.17, 15) is 24.3 Å². The van der Waals surface area contributed by atoms with Crippen LogP contribution in [-0.4, -0.2) is 53.8 Å². The van der Waals surface area contributed by atoms with Crippen LogP contribution in [0.3, 0.4) is 0 Å². The zero-order chi connectivity index (χ0) is 32.7. The van der Waals surface area contributed by atoms with Crippen LogP contribution in [0.5, 0.6) is 0 Å². The van der Waals surface area contributed by atoms with E-state index in [-0.39, 0.29) is 30.9 Å². The Balaban J connectivity index is 1.22. The normalized spacial score (nSPS) is 13.0. The minimum atomic E-state index is -1.29. The lowest BCUT2D eigenvalue weighted by molar-refractivity contribution is -0.155. The van der Waals surface area contributed by atoms with E-state index in [1.54, 1.807) is 0 Å². The van der Waals surface area contributed by atoms with Gasteiger partial charge >= 0.3 is 18.0 Å². The van der Waals surface area contributed by atoms with Crippen molar-refractivity contribution in [3.63, 3.8) is 0 Å². The molecule has 1 atom stereocenters. The topological polar surface area (TPSA) is 131 Å². The summed E-state index contributed by atoms with van der Waals surface area (Å²) in [5.41, 5.74) is 3.92. The third-order valence-electron chi connectivity index (χ3n) is 7.89. The first kappa shape index (κ1) is 35.6. The second-order valence-corrected chi connectivity index (χ2v) is 12.8. The molecule has 0 aromatic heterocycles. The van der Waals surface area contributed by atoms with E-state index >= 15 is 0 Å². The summed E-state index contributed by atoms with van der Waals surface area (Å²) in [5, 5.41) is 14.6. The van der Waals surface area contributed by atoms with Crippen LogP contribution in [0.4, 0.5) is 4.79 Å². The molecule has 9 heteroatoms. The Bertz CT molecular complexity index is 1220. The third-order valence-corrected chi connectivity index (χ3v) is 7.89. The summed E-state index contributed by atoms with van der Waals surface area (Å²) >= 11 is 0. The molecule has 1 aliphatic carbocycles. The average molecular weight is 623 g/mol. The SMILES string of the molecule is CC(C)(C)OC(=O)CCCCCCCCCCCCC(=O)NC[C@H](NC(=O)OCC1c2ccccc2-c2ccccc21)C(=O)O. The number of carbonyl (C=O) groups excluding carboxylic acids is 3. The van der Waals surface area contributed by atoms with Crippen LogP contribution in [0.1, 0.15) is 115 Å². The maximum atomic E-state index is 12.5. The van der Waals surface area contributed by atoms with Gasteiger partial charge in [0.05, 0.1) is 0 Å². The van der Waals surface area contributed by atoms with Crippen molar-refractivity contribution in [1.82, 2.24) is 10.6 Å². The zero-order valence-electron chi connectivity index (χ0n) is 27.1. The second kappa shape index (κ2) is 18.2. The number of hydrogen-bond acceptors (Lipinski definition) is 6. The number of carboxylic acids is 1. The van der Waals surface area contributed by atoms with Crippen molar-refractivity contribution in [3.8, 4) is 11.1 Å². The highest BCUT2D eigenvalue weighted by Crippen LogP contribution is 2.44. The quantitative estimate of drug-likeness (QED) is 0.112. The highest BCUT2D eigenvalue weighted by atomic mass is 16.6. The molecule has 0 aliphatic heterocycles. The van der Waals surface area contributed by atoms with E-state index in [0.29, 0.717) is 12.8 Å². The van der Waals surface area contributed by atoms with Crippen molar-refractivity contribution in [1.29, 1.82) is 0 Å². The van der Waals surface area contributed by atoms with Crippen molar-refractivity contribution >= 4 is 23.9 Å². The minimum absolute atomic E-state index is 0.0778. The number of carboxylic acid groups (broad SMARTS) is 1. The van der Waals surface area contributed by atoms with Crippen LogP contribution in [0.25, 0.3) is 11.1 Å². The van der Waals surface area contributed by atoms with Gasteiger partial charge in [0.1, 0.15) is 18.2 Å². The van der Waals surface area contributed by atoms with E-state index in [1.807, 2.05) is 69.3 Å². The highest BCUT2D eigenvalue weighted by Gasteiger charge is 2.30. The van der Waals surface area contributed by atoms with Gasteiger partial charge in [-0.1, -0.05) is 99.9 Å². The van der Waals surface area contributed by atoms with Crippen LogP contribution >= 0.6 is 0 Å². The summed E-state index contributed by atoms with van der Waals surface area (Å²) in [4.78, 5) is 48.2. The van der Waals surface area contributed by atoms with Gasteiger partial charge in [-0.3, -0.25) is 9.59 Å². The predicted octanol–water partition coefficient (Wildman–Crippen LogP) is 7.12. The number of aliphatic carboxylic acids is 1. The average Bonchev–Trinajstić information content (AvgIpc) is 3.31. The maximum absolute atomic E-state index is 12.5. The number of amides is 2. The summed E-state index contributed by atoms with van der Waals surface area (Å²) in [6.07, 6.45) is 10.3. The summed E-state index contributed by atoms with van der Waals surface area (Å²) in [7, 11) is 0. The van der Waals surface area contributed by atoms with Gasteiger partial charge in [0.2, 0.25) is 5.91 Å². The van der Waals surface area contributed by atoms with Gasteiger partial charge in [-0.05, 0) is 55.9 Å². The summed E-state index contributed by atoms with van der Waals surface area (Å²) in [6, 6.07) is 14.7. The molecule has 246 valence electrons. The lowest BCUT2D eigenvalue weighted by Crippen LogP contribution is -2.48. The first-order chi connectivity index (χ1) is 21.5. The standard InChI is InChI=1S/C36H50N2O7/c1-36(2,3)45-33(40)23-13-11-9-7-5-4-6-8-10-12-22-32(39)37-24-31(34(41)42)38-35(43)44-25-30-28-20-16-14-18-26(28)27-19-15-17-21-29(27)30/h14-21,30-31H,4-13,22-25H2,1-3H3,(H,37,39)(H,38,43)(H,41,42)/t31-/m0/s1. The summed E-state index contributed by atoms with van der Waals surface area (Å²) in [6.45, 7) is 5.51. The first-order valence-electron chi connectivity index (χ1n) is 16.4. The van der Waals surface area contributed by atoms with Crippen molar-refractivity contribution in [3.05, 3.63) is 59.7 Å². The second-order valence-electron chi connectivity index (χ2n) is 12.8. The fourth-order valence-electron chi connectivity index (χ4n) is 5.65. The largest absolute Gasteiger partial charge is 0.480 e. The molecular weight excluding hydrogens is 572 g/mol. The number of esters is 1. The van der Waals surface area contributed by atoms with Gasteiger partial charge in [-0.25, -0.2) is 9.59 Å². The number of fused-ring (bicyclic) bond motifs is 3. The molecule has 45 heavy (non-hydrogen) atoms. The molecule has 1 aliphatic rings. The van der Waals surface area contributed by atoms with Crippen LogP contribution in [-0.2, 0) is 23.9 Å². The smallest absolute Gasteiger partial charge is 0.407 e. The maximum Gasteiger partial charge on any atom is 0.407 e. The fourth-order valence-corrected chi connectivity index (χ4v) is 5.65. The van der Waals surface area contributed by atoms with E-state index < -0.39 is 23.7 Å². The monoisotopic (exact) mass is 622 g/mol. The molecule has 0 saturated heterocycles. The molecule has 0 heterocycles. The van der Waals surface area contributed by atoms with Crippen LogP contribution in [0.15, 0.2) is 48.5 Å². The van der Waals surface area contributed by atoms with Crippen molar-refractivity contribution < 1.29 is 33.8 Å². The van der Waals surface area contributed by atoms with Crippen molar-refractivity contribution in [2.75, 3.05) is 13.2 Å². The van der Waals surface area contributed by atoms with Gasteiger partial charge < -0.3 is 25.2 Å². The lowest BCUT2D eigenvalue weighted by atomic mass is 9.98. The number of ether oxygens (including phenoxy) is 2. The first-order valence-corrected chi connectivity index (χ1v) is 16.4. The number of hydrogen-bond donors (Lipinski definition) is 3. The Kier molecular flexibility index (Phi) is 14.4. The van der Waals surface area contributed by atoms with Crippen molar-refractivity contribution in [2.24, 2.45) is 0 Å². The van der Waals surface area contributed by atoms with E-state index in [0.717, 1.165) is 80.0 Å². The minimum Gasteiger partial charge on any atom is -0.480 e. The van der Waals surface area contributed by atoms with Crippen LogP contribution in [0.2, 0.25) is 0 Å². The molecule has 3 N–H and O–H groups in total. The number of nitrogens with one attached hydrogen (secondary N) is 2. The third kappa shape index (κ3) is 12.6. The van der Waals surface area contributed by atoms with Crippen molar-refractivity contribution in [2.45, 2.75) is 115 Å². The van der Waals surface area contributed by atoms with Gasteiger partial charge in [0.15, 0.2) is 0 Å². The number of carbonyl (C=O) groups is 4. The molecule has 0 unspecified atom stereocenters. The summed E-state index contributed by atoms with van der Waals surface area (Å²) in [5.74, 6) is -1.73. The number of alkyl carbamates (subject to hydrolysis) is 1. The molecule has 9 nitrogen and oxygen atoms in total. The Labute approximate surface area is 267 Å². The highest BCUT2D eigenvalue weighted by molar-refractivity contribution is 5.82. The van der Waals surface area contributed by atoms with E-state index in [4.69, 9.17) is 9.47 Å². The number of rotatable bonds is 19. The molecule has 0 saturated carbocycles. The Hall–Kier alpha value is -3.88. The Morgan fingerprint density at radius 1 is 0.756 bits per heavy atom. The molecule has 0 radical (unpaired) electrons. The predicted molar refractivity (Wildman–Crippen MR) is 174 cm³/mol. The van der Waals surface area contributed by atoms with Crippen LogP contribution < -0.4 is 10.6 Å².